The van der Waals surface area contributed by atoms with Crippen molar-refractivity contribution in [3.05, 3.63) is 29.3 Å². The number of amides is 2. The van der Waals surface area contributed by atoms with E-state index in [4.69, 9.17) is 0 Å². The highest BCUT2D eigenvalue weighted by atomic mass is 19.3. The van der Waals surface area contributed by atoms with Gasteiger partial charge in [0.2, 0.25) is 0 Å². The highest BCUT2D eigenvalue weighted by molar-refractivity contribution is 5.97. The Morgan fingerprint density at radius 1 is 1.43 bits per heavy atom. The number of alkyl halides is 2. The third-order valence-corrected chi connectivity index (χ3v) is 3.45. The number of hydrogen-bond acceptors (Lipinski definition) is 2. The molecule has 7 heteroatoms. The molecule has 1 aliphatic rings. The van der Waals surface area contributed by atoms with E-state index in [1.165, 1.54) is 18.0 Å². The molecule has 0 aromatic heterocycles. The minimum absolute atomic E-state index is 0.154. The van der Waals surface area contributed by atoms with Crippen LogP contribution in [0.1, 0.15) is 22.3 Å². The van der Waals surface area contributed by atoms with Gasteiger partial charge < -0.3 is 10.0 Å². The molecule has 0 atom stereocenters. The zero-order chi connectivity index (χ0) is 15.6. The molecule has 1 aromatic rings. The average molecular weight is 298 g/mol. The third kappa shape index (κ3) is 3.12. The number of fused-ring (bicyclic) bond motifs is 1. The maximum Gasteiger partial charge on any atom is 0.336 e. The lowest BCUT2D eigenvalue weighted by molar-refractivity contribution is 0.0695. The van der Waals surface area contributed by atoms with Crippen LogP contribution in [0.4, 0.5) is 19.3 Å². The summed E-state index contributed by atoms with van der Waals surface area (Å²) in [4.78, 5) is 25.8. The van der Waals surface area contributed by atoms with Crippen molar-refractivity contribution in [2.45, 2.75) is 19.3 Å². The van der Waals surface area contributed by atoms with E-state index in [0.29, 0.717) is 30.6 Å². The number of benzene rings is 1. The van der Waals surface area contributed by atoms with E-state index >= 15 is 0 Å². The fourth-order valence-corrected chi connectivity index (χ4v) is 2.51. The predicted octanol–water partition coefficient (Wildman–Crippen LogP) is 2.45. The molecular weight excluding hydrogens is 282 g/mol. The molecule has 2 amide bonds. The smallest absolute Gasteiger partial charge is 0.336 e. The van der Waals surface area contributed by atoms with E-state index in [2.05, 4.69) is 0 Å². The quantitative estimate of drug-likeness (QED) is 0.932. The number of aromatic carboxylic acids is 1. The SMILES string of the molecule is CN(CC(F)F)C(=O)N1CCCc2c(C(=O)O)cccc21. The Morgan fingerprint density at radius 2 is 2.14 bits per heavy atom. The van der Waals surface area contributed by atoms with Crippen molar-refractivity contribution >= 4 is 17.7 Å². The third-order valence-electron chi connectivity index (χ3n) is 3.45. The number of nitrogens with zero attached hydrogens (tertiary/aromatic N) is 2. The van der Waals surface area contributed by atoms with Gasteiger partial charge in [0, 0.05) is 19.3 Å². The van der Waals surface area contributed by atoms with Gasteiger partial charge in [-0.25, -0.2) is 18.4 Å². The Kier molecular flexibility index (Phi) is 4.40. The maximum atomic E-state index is 12.4. The number of urea groups is 1. The number of carbonyl (C=O) groups excluding carboxylic acids is 1. The molecule has 21 heavy (non-hydrogen) atoms. The number of carboxylic acids is 1. The monoisotopic (exact) mass is 298 g/mol. The van der Waals surface area contributed by atoms with Crippen LogP contribution in [0.3, 0.4) is 0 Å². The van der Waals surface area contributed by atoms with Gasteiger partial charge >= 0.3 is 12.0 Å². The van der Waals surface area contributed by atoms with E-state index in [1.807, 2.05) is 0 Å². The van der Waals surface area contributed by atoms with Crippen LogP contribution in [0.2, 0.25) is 0 Å². The minimum Gasteiger partial charge on any atom is -0.478 e. The summed E-state index contributed by atoms with van der Waals surface area (Å²) in [5, 5.41) is 9.18. The van der Waals surface area contributed by atoms with Crippen molar-refractivity contribution in [2.24, 2.45) is 0 Å². The summed E-state index contributed by atoms with van der Waals surface area (Å²) >= 11 is 0. The lowest BCUT2D eigenvalue weighted by Gasteiger charge is -2.33. The van der Waals surface area contributed by atoms with Crippen LogP contribution >= 0.6 is 0 Å². The molecule has 0 unspecified atom stereocenters. The molecule has 1 aromatic carbocycles. The molecule has 0 bridgehead atoms. The number of halogens is 2. The highest BCUT2D eigenvalue weighted by Gasteiger charge is 2.28. The second-order valence-corrected chi connectivity index (χ2v) is 4.92. The molecule has 1 aliphatic heterocycles. The molecule has 0 radical (unpaired) electrons. The van der Waals surface area contributed by atoms with E-state index in [1.54, 1.807) is 12.1 Å². The summed E-state index contributed by atoms with van der Waals surface area (Å²) in [6, 6.07) is 4.15. The molecule has 2 rings (SSSR count). The van der Waals surface area contributed by atoms with Gasteiger partial charge in [0.1, 0.15) is 0 Å². The molecule has 0 saturated heterocycles. The largest absolute Gasteiger partial charge is 0.478 e. The van der Waals surface area contributed by atoms with E-state index in [-0.39, 0.29) is 5.56 Å². The summed E-state index contributed by atoms with van der Waals surface area (Å²) in [5.41, 5.74) is 1.23. The predicted molar refractivity (Wildman–Crippen MR) is 73.1 cm³/mol. The molecule has 1 heterocycles. The lowest BCUT2D eigenvalue weighted by Crippen LogP contribution is -2.45. The first-order chi connectivity index (χ1) is 9.91. The van der Waals surface area contributed by atoms with Crippen molar-refractivity contribution in [2.75, 3.05) is 25.0 Å². The van der Waals surface area contributed by atoms with Gasteiger partial charge in [-0.2, -0.15) is 0 Å². The van der Waals surface area contributed by atoms with Crippen LogP contribution in [0.15, 0.2) is 18.2 Å². The van der Waals surface area contributed by atoms with Gasteiger partial charge in [-0.3, -0.25) is 4.90 Å². The zero-order valence-electron chi connectivity index (χ0n) is 11.6. The Morgan fingerprint density at radius 3 is 2.76 bits per heavy atom. The van der Waals surface area contributed by atoms with Gasteiger partial charge in [0.05, 0.1) is 12.1 Å². The summed E-state index contributed by atoms with van der Waals surface area (Å²) in [6.45, 7) is -0.258. The van der Waals surface area contributed by atoms with E-state index in [9.17, 15) is 23.5 Å². The van der Waals surface area contributed by atoms with Crippen molar-refractivity contribution in [1.82, 2.24) is 4.90 Å². The van der Waals surface area contributed by atoms with E-state index in [0.717, 1.165) is 4.90 Å². The fourth-order valence-electron chi connectivity index (χ4n) is 2.51. The molecule has 1 N–H and O–H groups in total. The van der Waals surface area contributed by atoms with Crippen LogP contribution in [-0.2, 0) is 6.42 Å². The Hall–Kier alpha value is -2.18. The van der Waals surface area contributed by atoms with Crippen LogP contribution < -0.4 is 4.90 Å². The van der Waals surface area contributed by atoms with Crippen molar-refractivity contribution in [3.8, 4) is 0 Å². The molecule has 0 spiro atoms. The van der Waals surface area contributed by atoms with Crippen molar-refractivity contribution in [3.63, 3.8) is 0 Å². The number of rotatable bonds is 3. The standard InChI is InChI=1S/C14H16F2N2O3/c1-17(8-12(15)16)14(21)18-7-3-5-9-10(13(19)20)4-2-6-11(9)18/h2,4,6,12H,3,5,7-8H2,1H3,(H,19,20). The van der Waals surface area contributed by atoms with E-state index < -0.39 is 25.0 Å². The molecule has 0 aliphatic carbocycles. The Labute approximate surface area is 120 Å². The van der Waals surface area contributed by atoms with Crippen LogP contribution in [0.5, 0.6) is 0 Å². The molecule has 114 valence electrons. The zero-order valence-corrected chi connectivity index (χ0v) is 11.6. The number of hydrogen-bond donors (Lipinski definition) is 1. The average Bonchev–Trinajstić information content (AvgIpc) is 2.44. The first-order valence-electron chi connectivity index (χ1n) is 6.57. The van der Waals surface area contributed by atoms with Crippen LogP contribution in [0, 0.1) is 0 Å². The topological polar surface area (TPSA) is 60.9 Å². The van der Waals surface area contributed by atoms with Crippen LogP contribution in [0.25, 0.3) is 0 Å². The fraction of sp³-hybridized carbons (Fsp3) is 0.429. The number of carbonyl (C=O) groups is 2. The van der Waals surface area contributed by atoms with Gasteiger partial charge in [-0.1, -0.05) is 6.07 Å². The molecule has 0 saturated carbocycles. The normalized spacial score (nSPS) is 14.0. The molecule has 5 nitrogen and oxygen atoms in total. The lowest BCUT2D eigenvalue weighted by atomic mass is 9.96. The molecular formula is C14H16F2N2O3. The Bertz CT molecular complexity index is 563. The second-order valence-electron chi connectivity index (χ2n) is 4.92. The molecule has 0 fully saturated rings. The van der Waals surface area contributed by atoms with Gasteiger partial charge in [0.15, 0.2) is 0 Å². The summed E-state index contributed by atoms with van der Waals surface area (Å²) in [7, 11) is 1.31. The summed E-state index contributed by atoms with van der Waals surface area (Å²) in [6.07, 6.45) is -1.44. The first-order valence-corrected chi connectivity index (χ1v) is 6.57. The van der Waals surface area contributed by atoms with Crippen molar-refractivity contribution < 1.29 is 23.5 Å². The van der Waals surface area contributed by atoms with Gasteiger partial charge in [0.25, 0.3) is 6.43 Å². The van der Waals surface area contributed by atoms with Crippen molar-refractivity contribution in [1.29, 1.82) is 0 Å². The summed E-state index contributed by atoms with van der Waals surface area (Å²) < 4.78 is 24.8. The highest BCUT2D eigenvalue weighted by Crippen LogP contribution is 2.30. The van der Waals surface area contributed by atoms with Crippen LogP contribution in [-0.4, -0.2) is 48.6 Å². The van der Waals surface area contributed by atoms with Gasteiger partial charge in [-0.05, 0) is 30.5 Å². The van der Waals surface area contributed by atoms with Gasteiger partial charge in [-0.15, -0.1) is 0 Å². The maximum absolute atomic E-state index is 12.4. The number of anilines is 1. The summed E-state index contributed by atoms with van der Waals surface area (Å²) in [5.74, 6) is -1.05. The Balaban J connectivity index is 2.32. The second kappa shape index (κ2) is 6.07. The minimum atomic E-state index is -2.60. The first kappa shape index (κ1) is 15.2. The number of carboxylic acid groups (broad SMARTS) is 1.